The Morgan fingerprint density at radius 1 is 1.12 bits per heavy atom. The van der Waals surface area contributed by atoms with Crippen LogP contribution in [-0.2, 0) is 0 Å². The first kappa shape index (κ1) is 22.8. The van der Waals surface area contributed by atoms with Crippen LogP contribution in [-0.4, -0.2) is 46.8 Å². The molecule has 2 aromatic carbocycles. The molecule has 168 valence electrons. The van der Waals surface area contributed by atoms with E-state index in [1.165, 1.54) is 6.42 Å². The third kappa shape index (κ3) is 4.70. The standard InChI is InChI=1S/C25H28Cl2N4O/c1-16-23(25(32)28-19-10-7-11-20(15-19)30(2)3)29-31(22-13-12-18(26)14-21(22)27)24(16)17-8-5-4-6-9-17/h4-6,8-9,12-14,19-20H,7,10-11,15H2,1-3H3,(H,28,32)/t19-,20+/m0/s1. The zero-order valence-electron chi connectivity index (χ0n) is 18.6. The fraction of sp³-hybridized carbons (Fsp3) is 0.360. The van der Waals surface area contributed by atoms with Gasteiger partial charge in [0.1, 0.15) is 0 Å². The quantitative estimate of drug-likeness (QED) is 0.515. The fourth-order valence-electron chi connectivity index (χ4n) is 4.49. The van der Waals surface area contributed by atoms with Gasteiger partial charge in [-0.2, -0.15) is 5.10 Å². The fourth-order valence-corrected chi connectivity index (χ4v) is 4.98. The number of nitrogens with one attached hydrogen (secondary N) is 1. The molecule has 0 saturated heterocycles. The number of aromatic nitrogens is 2. The lowest BCUT2D eigenvalue weighted by Gasteiger charge is -2.33. The smallest absolute Gasteiger partial charge is 0.272 e. The van der Waals surface area contributed by atoms with Gasteiger partial charge in [-0.1, -0.05) is 53.5 Å². The van der Waals surface area contributed by atoms with Crippen molar-refractivity contribution in [3.05, 3.63) is 69.8 Å². The van der Waals surface area contributed by atoms with E-state index in [-0.39, 0.29) is 11.9 Å². The van der Waals surface area contributed by atoms with E-state index in [2.05, 4.69) is 24.3 Å². The monoisotopic (exact) mass is 470 g/mol. The van der Waals surface area contributed by atoms with Crippen molar-refractivity contribution < 1.29 is 4.79 Å². The molecule has 1 aliphatic carbocycles. The number of rotatable bonds is 5. The molecular formula is C25H28Cl2N4O. The Labute approximate surface area is 199 Å². The SMILES string of the molecule is Cc1c(C(=O)N[C@H]2CCC[C@@H](N(C)C)C2)nn(-c2ccc(Cl)cc2Cl)c1-c1ccccc1. The largest absolute Gasteiger partial charge is 0.348 e. The number of hydrogen-bond acceptors (Lipinski definition) is 3. The van der Waals surface area contributed by atoms with Crippen molar-refractivity contribution in [2.24, 2.45) is 0 Å². The van der Waals surface area contributed by atoms with Crippen molar-refractivity contribution in [2.45, 2.75) is 44.7 Å². The summed E-state index contributed by atoms with van der Waals surface area (Å²) in [6, 6.07) is 15.8. The Bertz CT molecular complexity index is 1110. The molecule has 32 heavy (non-hydrogen) atoms. The van der Waals surface area contributed by atoms with Gasteiger partial charge >= 0.3 is 0 Å². The number of carbonyl (C=O) groups excluding carboxylic acids is 1. The second kappa shape index (κ2) is 9.65. The molecule has 2 atom stereocenters. The average Bonchev–Trinajstić information content (AvgIpc) is 3.11. The predicted molar refractivity (Wildman–Crippen MR) is 131 cm³/mol. The molecule has 0 aliphatic heterocycles. The molecule has 1 saturated carbocycles. The molecule has 0 bridgehead atoms. The maximum Gasteiger partial charge on any atom is 0.272 e. The summed E-state index contributed by atoms with van der Waals surface area (Å²) in [5.41, 5.74) is 3.73. The summed E-state index contributed by atoms with van der Waals surface area (Å²) >= 11 is 12.6. The molecule has 7 heteroatoms. The van der Waals surface area contributed by atoms with Gasteiger partial charge in [0, 0.05) is 28.2 Å². The molecule has 1 fully saturated rings. The molecule has 3 aromatic rings. The zero-order valence-corrected chi connectivity index (χ0v) is 20.1. The van der Waals surface area contributed by atoms with E-state index in [9.17, 15) is 4.79 Å². The molecule has 0 spiro atoms. The van der Waals surface area contributed by atoms with Crippen molar-refractivity contribution >= 4 is 29.1 Å². The van der Waals surface area contributed by atoms with Crippen LogP contribution in [0.1, 0.15) is 41.7 Å². The van der Waals surface area contributed by atoms with Gasteiger partial charge in [-0.15, -0.1) is 0 Å². The van der Waals surface area contributed by atoms with Crippen LogP contribution in [0.15, 0.2) is 48.5 Å². The molecule has 1 aromatic heterocycles. The van der Waals surface area contributed by atoms with E-state index < -0.39 is 0 Å². The van der Waals surface area contributed by atoms with E-state index in [1.807, 2.05) is 43.3 Å². The summed E-state index contributed by atoms with van der Waals surface area (Å²) in [5, 5.41) is 8.99. The lowest BCUT2D eigenvalue weighted by atomic mass is 9.90. The van der Waals surface area contributed by atoms with Crippen molar-refractivity contribution in [1.29, 1.82) is 0 Å². The summed E-state index contributed by atoms with van der Waals surface area (Å²) in [7, 11) is 4.20. The highest BCUT2D eigenvalue weighted by Crippen LogP contribution is 2.33. The van der Waals surface area contributed by atoms with Crippen LogP contribution in [0.3, 0.4) is 0 Å². The predicted octanol–water partition coefficient (Wildman–Crippen LogP) is 5.76. The highest BCUT2D eigenvalue weighted by molar-refractivity contribution is 6.35. The number of hydrogen-bond donors (Lipinski definition) is 1. The number of nitrogens with zero attached hydrogens (tertiary/aromatic N) is 3. The van der Waals surface area contributed by atoms with Crippen molar-refractivity contribution in [2.75, 3.05) is 14.1 Å². The van der Waals surface area contributed by atoms with Crippen LogP contribution in [0, 0.1) is 6.92 Å². The van der Waals surface area contributed by atoms with Gasteiger partial charge < -0.3 is 10.2 Å². The Hall–Kier alpha value is -2.34. The minimum Gasteiger partial charge on any atom is -0.348 e. The average molecular weight is 471 g/mol. The molecule has 1 heterocycles. The van der Waals surface area contributed by atoms with Crippen LogP contribution in [0.25, 0.3) is 16.9 Å². The van der Waals surface area contributed by atoms with Gasteiger partial charge in [-0.05, 0) is 64.9 Å². The second-order valence-corrected chi connectivity index (χ2v) is 9.49. The van der Waals surface area contributed by atoms with Gasteiger partial charge in [0.2, 0.25) is 0 Å². The Morgan fingerprint density at radius 3 is 2.56 bits per heavy atom. The van der Waals surface area contributed by atoms with Gasteiger partial charge in [0.25, 0.3) is 5.91 Å². The zero-order chi connectivity index (χ0) is 22.8. The molecule has 1 N–H and O–H groups in total. The summed E-state index contributed by atoms with van der Waals surface area (Å²) in [6.45, 7) is 1.94. The van der Waals surface area contributed by atoms with E-state index in [0.717, 1.165) is 36.1 Å². The normalized spacial score (nSPS) is 18.7. The Balaban J connectivity index is 1.72. The van der Waals surface area contributed by atoms with Crippen LogP contribution in [0.2, 0.25) is 10.0 Å². The highest BCUT2D eigenvalue weighted by Gasteiger charge is 2.28. The Kier molecular flexibility index (Phi) is 6.89. The van der Waals surface area contributed by atoms with Crippen LogP contribution >= 0.6 is 23.2 Å². The first-order valence-electron chi connectivity index (χ1n) is 10.9. The van der Waals surface area contributed by atoms with E-state index in [1.54, 1.807) is 16.8 Å². The van der Waals surface area contributed by atoms with Gasteiger partial charge in [0.15, 0.2) is 5.69 Å². The van der Waals surface area contributed by atoms with Crippen LogP contribution < -0.4 is 5.32 Å². The third-order valence-electron chi connectivity index (χ3n) is 6.23. The number of carbonyl (C=O) groups is 1. The summed E-state index contributed by atoms with van der Waals surface area (Å²) < 4.78 is 1.75. The minimum atomic E-state index is -0.145. The summed E-state index contributed by atoms with van der Waals surface area (Å²) in [6.07, 6.45) is 4.22. The molecule has 1 aliphatic rings. The molecule has 0 radical (unpaired) electrons. The maximum atomic E-state index is 13.3. The topological polar surface area (TPSA) is 50.2 Å². The van der Waals surface area contributed by atoms with Crippen molar-refractivity contribution in [1.82, 2.24) is 20.0 Å². The van der Waals surface area contributed by atoms with Crippen molar-refractivity contribution in [3.8, 4) is 16.9 Å². The number of halogens is 2. The lowest BCUT2D eigenvalue weighted by Crippen LogP contribution is -2.44. The highest BCUT2D eigenvalue weighted by atomic mass is 35.5. The lowest BCUT2D eigenvalue weighted by molar-refractivity contribution is 0.0905. The minimum absolute atomic E-state index is 0.145. The maximum absolute atomic E-state index is 13.3. The Morgan fingerprint density at radius 2 is 1.88 bits per heavy atom. The summed E-state index contributed by atoms with van der Waals surface area (Å²) in [5.74, 6) is -0.145. The van der Waals surface area contributed by atoms with E-state index >= 15 is 0 Å². The van der Waals surface area contributed by atoms with Crippen molar-refractivity contribution in [3.63, 3.8) is 0 Å². The molecular weight excluding hydrogens is 443 g/mol. The van der Waals surface area contributed by atoms with E-state index in [0.29, 0.717) is 27.5 Å². The first-order valence-corrected chi connectivity index (χ1v) is 11.7. The van der Waals surface area contributed by atoms with Gasteiger partial charge in [0.05, 0.1) is 16.4 Å². The molecule has 5 nitrogen and oxygen atoms in total. The number of benzene rings is 2. The second-order valence-electron chi connectivity index (χ2n) is 8.65. The third-order valence-corrected chi connectivity index (χ3v) is 6.77. The first-order chi connectivity index (χ1) is 15.3. The van der Waals surface area contributed by atoms with Gasteiger partial charge in [-0.3, -0.25) is 4.79 Å². The molecule has 1 amide bonds. The van der Waals surface area contributed by atoms with Gasteiger partial charge in [-0.25, -0.2) is 4.68 Å². The number of amides is 1. The van der Waals surface area contributed by atoms with E-state index in [4.69, 9.17) is 28.3 Å². The van der Waals surface area contributed by atoms with Crippen LogP contribution in [0.5, 0.6) is 0 Å². The molecule has 0 unspecified atom stereocenters. The van der Waals surface area contributed by atoms with Crippen LogP contribution in [0.4, 0.5) is 0 Å². The summed E-state index contributed by atoms with van der Waals surface area (Å²) in [4.78, 5) is 15.6. The molecule has 4 rings (SSSR count).